The van der Waals surface area contributed by atoms with Gasteiger partial charge in [0.1, 0.15) is 0 Å². The number of hydrogen-bond acceptors (Lipinski definition) is 0. The van der Waals surface area contributed by atoms with Gasteiger partial charge in [0, 0.05) is 12.0 Å². The molecule has 0 aromatic heterocycles. The predicted octanol–water partition coefficient (Wildman–Crippen LogP) is 4.56. The van der Waals surface area contributed by atoms with E-state index in [2.05, 4.69) is 50.0 Å². The summed E-state index contributed by atoms with van der Waals surface area (Å²) in [6.07, 6.45) is 3.45. The number of benzene rings is 1. The van der Waals surface area contributed by atoms with Crippen molar-refractivity contribution in [3.63, 3.8) is 0 Å². The molecule has 0 N–H and O–H groups in total. The summed E-state index contributed by atoms with van der Waals surface area (Å²) < 4.78 is 0. The number of aryl methyl sites for hydroxylation is 1. The normalized spacial score (nSPS) is 8.27. The van der Waals surface area contributed by atoms with E-state index in [-0.39, 0.29) is 0 Å². The summed E-state index contributed by atoms with van der Waals surface area (Å²) in [6, 6.07) is 8.36. The van der Waals surface area contributed by atoms with Crippen molar-refractivity contribution >= 4 is 0 Å². The lowest BCUT2D eigenvalue weighted by Crippen LogP contribution is -1.75. The van der Waals surface area contributed by atoms with Crippen LogP contribution in [0.3, 0.4) is 0 Å². The second kappa shape index (κ2) is 9.34. The summed E-state index contributed by atoms with van der Waals surface area (Å²) in [5.74, 6) is 6.33. The largest absolute Gasteiger partial charge is 0.0979 e. The maximum atomic E-state index is 3.17. The van der Waals surface area contributed by atoms with Crippen molar-refractivity contribution in [3.05, 3.63) is 35.4 Å². The van der Waals surface area contributed by atoms with Crippen LogP contribution >= 0.6 is 0 Å². The Morgan fingerprint density at radius 2 is 1.67 bits per heavy atom. The molecule has 1 rings (SSSR count). The van der Waals surface area contributed by atoms with Crippen LogP contribution in [0, 0.1) is 18.8 Å². The quantitative estimate of drug-likeness (QED) is 0.487. The average Bonchev–Trinajstić information content (AvgIpc) is 2.30. The van der Waals surface area contributed by atoms with Crippen molar-refractivity contribution in [3.8, 4) is 11.8 Å². The van der Waals surface area contributed by atoms with Crippen LogP contribution in [-0.4, -0.2) is 0 Å². The minimum Gasteiger partial charge on any atom is -0.0979 e. The third-order valence-electron chi connectivity index (χ3n) is 1.94. The zero-order valence-electron chi connectivity index (χ0n) is 10.4. The van der Waals surface area contributed by atoms with Crippen LogP contribution in [0.4, 0.5) is 0 Å². The van der Waals surface area contributed by atoms with Crippen molar-refractivity contribution in [2.75, 3.05) is 0 Å². The van der Waals surface area contributed by atoms with Gasteiger partial charge in [0.25, 0.3) is 0 Å². The van der Waals surface area contributed by atoms with E-state index in [9.17, 15) is 0 Å². The Labute approximate surface area is 94.7 Å². The third-order valence-corrected chi connectivity index (χ3v) is 1.94. The van der Waals surface area contributed by atoms with Gasteiger partial charge < -0.3 is 0 Å². The summed E-state index contributed by atoms with van der Waals surface area (Å²) in [7, 11) is 0. The summed E-state index contributed by atoms with van der Waals surface area (Å²) in [6.45, 7) is 8.28. The highest BCUT2D eigenvalue weighted by molar-refractivity contribution is 5.35. The molecule has 82 valence electrons. The molecule has 0 atom stereocenters. The minimum atomic E-state index is 1.02. The first-order chi connectivity index (χ1) is 7.33. The van der Waals surface area contributed by atoms with Crippen molar-refractivity contribution < 1.29 is 0 Å². The van der Waals surface area contributed by atoms with Gasteiger partial charge in [-0.2, -0.15) is 0 Å². The number of unbranched alkanes of at least 4 members (excludes halogenated alkanes) is 2. The van der Waals surface area contributed by atoms with E-state index < -0.39 is 0 Å². The maximum absolute atomic E-state index is 3.17. The molecule has 0 saturated carbocycles. The van der Waals surface area contributed by atoms with E-state index >= 15 is 0 Å². The fourth-order valence-corrected chi connectivity index (χ4v) is 1.07. The number of rotatable bonds is 2. The molecular formula is C15H22. The Morgan fingerprint density at radius 3 is 2.20 bits per heavy atom. The lowest BCUT2D eigenvalue weighted by Gasteiger charge is -1.91. The zero-order chi connectivity index (χ0) is 11.5. The van der Waals surface area contributed by atoms with Gasteiger partial charge >= 0.3 is 0 Å². The van der Waals surface area contributed by atoms with E-state index in [0.29, 0.717) is 0 Å². The van der Waals surface area contributed by atoms with Crippen molar-refractivity contribution in [1.29, 1.82) is 0 Å². The van der Waals surface area contributed by atoms with Crippen LogP contribution < -0.4 is 0 Å². The molecule has 15 heavy (non-hydrogen) atoms. The lowest BCUT2D eigenvalue weighted by molar-refractivity contribution is 0.828. The van der Waals surface area contributed by atoms with Crippen LogP contribution in [0.15, 0.2) is 24.3 Å². The Hall–Kier alpha value is -1.22. The van der Waals surface area contributed by atoms with E-state index in [4.69, 9.17) is 0 Å². The molecule has 0 fully saturated rings. The summed E-state index contributed by atoms with van der Waals surface area (Å²) >= 11 is 0. The Balaban J connectivity index is 0.000000921. The smallest absolute Gasteiger partial charge is 0.0245 e. The fourth-order valence-electron chi connectivity index (χ4n) is 1.07. The average molecular weight is 202 g/mol. The van der Waals surface area contributed by atoms with Crippen molar-refractivity contribution in [2.45, 2.75) is 47.0 Å². The standard InChI is InChI=1S/C13H16.C2H6/c1-3-4-5-6-7-13-10-8-12(2)9-11-13;1-2/h8-11H,3-5H2,1-2H3;1-2H3. The van der Waals surface area contributed by atoms with E-state index in [1.165, 1.54) is 18.4 Å². The van der Waals surface area contributed by atoms with Gasteiger partial charge in [-0.3, -0.25) is 0 Å². The van der Waals surface area contributed by atoms with Crippen molar-refractivity contribution in [2.24, 2.45) is 0 Å². The van der Waals surface area contributed by atoms with E-state index in [1.807, 2.05) is 13.8 Å². The van der Waals surface area contributed by atoms with Gasteiger partial charge in [-0.05, 0) is 25.5 Å². The molecule has 1 aromatic rings. The summed E-state index contributed by atoms with van der Waals surface area (Å²) in [4.78, 5) is 0. The topological polar surface area (TPSA) is 0 Å². The number of hydrogen-bond donors (Lipinski definition) is 0. The molecule has 0 radical (unpaired) electrons. The third kappa shape index (κ3) is 6.80. The van der Waals surface area contributed by atoms with Crippen molar-refractivity contribution in [1.82, 2.24) is 0 Å². The lowest BCUT2D eigenvalue weighted by atomic mass is 10.1. The first-order valence-electron chi connectivity index (χ1n) is 5.88. The molecule has 0 aliphatic heterocycles. The Kier molecular flexibility index (Phi) is 8.58. The first kappa shape index (κ1) is 13.8. The Morgan fingerprint density at radius 1 is 1.07 bits per heavy atom. The highest BCUT2D eigenvalue weighted by atomic mass is 13.9. The van der Waals surface area contributed by atoms with Crippen LogP contribution in [0.5, 0.6) is 0 Å². The molecule has 0 bridgehead atoms. The molecule has 0 saturated heterocycles. The molecule has 0 unspecified atom stereocenters. The minimum absolute atomic E-state index is 1.02. The molecule has 0 heterocycles. The van der Waals surface area contributed by atoms with Crippen LogP contribution in [-0.2, 0) is 0 Å². The van der Waals surface area contributed by atoms with Gasteiger partial charge in [0.15, 0.2) is 0 Å². The molecule has 0 aliphatic rings. The first-order valence-corrected chi connectivity index (χ1v) is 5.88. The van der Waals surface area contributed by atoms with Crippen LogP contribution in [0.1, 0.15) is 51.2 Å². The predicted molar refractivity (Wildman–Crippen MR) is 68.9 cm³/mol. The van der Waals surface area contributed by atoms with Crippen LogP contribution in [0.2, 0.25) is 0 Å². The fraction of sp³-hybridized carbons (Fsp3) is 0.467. The molecule has 0 heteroatoms. The molecule has 0 nitrogen and oxygen atoms in total. The second-order valence-electron chi connectivity index (χ2n) is 3.27. The highest BCUT2D eigenvalue weighted by Gasteiger charge is 1.84. The van der Waals surface area contributed by atoms with E-state index in [0.717, 1.165) is 12.0 Å². The molecular weight excluding hydrogens is 180 g/mol. The molecule has 0 spiro atoms. The van der Waals surface area contributed by atoms with Gasteiger partial charge in [0.05, 0.1) is 0 Å². The molecule has 0 amide bonds. The molecule has 0 aliphatic carbocycles. The van der Waals surface area contributed by atoms with Gasteiger partial charge in [-0.1, -0.05) is 56.7 Å². The summed E-state index contributed by atoms with van der Waals surface area (Å²) in [5, 5.41) is 0. The van der Waals surface area contributed by atoms with Gasteiger partial charge in [-0.25, -0.2) is 0 Å². The van der Waals surface area contributed by atoms with E-state index in [1.54, 1.807) is 0 Å². The Bertz CT molecular complexity index is 295. The van der Waals surface area contributed by atoms with Gasteiger partial charge in [-0.15, -0.1) is 0 Å². The SMILES string of the molecule is CC.CCCCC#Cc1ccc(C)cc1. The summed E-state index contributed by atoms with van der Waals surface area (Å²) in [5.41, 5.74) is 2.42. The zero-order valence-corrected chi connectivity index (χ0v) is 10.4. The van der Waals surface area contributed by atoms with Gasteiger partial charge in [0.2, 0.25) is 0 Å². The monoisotopic (exact) mass is 202 g/mol. The highest BCUT2D eigenvalue weighted by Crippen LogP contribution is 2.01. The van der Waals surface area contributed by atoms with Crippen LogP contribution in [0.25, 0.3) is 0 Å². The maximum Gasteiger partial charge on any atom is 0.0245 e. The second-order valence-corrected chi connectivity index (χ2v) is 3.27. The molecule has 1 aromatic carbocycles.